The van der Waals surface area contributed by atoms with Crippen LogP contribution in [0, 0.1) is 0 Å². The summed E-state index contributed by atoms with van der Waals surface area (Å²) in [5, 5.41) is 0. The summed E-state index contributed by atoms with van der Waals surface area (Å²) in [7, 11) is 0.535. The van der Waals surface area contributed by atoms with Crippen LogP contribution in [0.2, 0.25) is 0 Å². The van der Waals surface area contributed by atoms with E-state index in [1.807, 2.05) is 0 Å². The molecule has 0 aliphatic carbocycles. The molecule has 1 nitrogen and oxygen atoms in total. The molecule has 1 atom stereocenters. The van der Waals surface area contributed by atoms with Gasteiger partial charge >= 0.3 is 0 Å². The van der Waals surface area contributed by atoms with Crippen LogP contribution in [0.25, 0.3) is 0 Å². The van der Waals surface area contributed by atoms with Crippen LogP contribution in [0.1, 0.15) is 0 Å². The van der Waals surface area contributed by atoms with Crippen molar-refractivity contribution in [3.05, 3.63) is 0 Å². The summed E-state index contributed by atoms with van der Waals surface area (Å²) in [6.45, 7) is 1.07. The second-order valence-corrected chi connectivity index (χ2v) is 3.41. The first kappa shape index (κ1) is 4.19. The summed E-state index contributed by atoms with van der Waals surface area (Å²) < 4.78 is 0. The van der Waals surface area contributed by atoms with Gasteiger partial charge < -0.3 is 0 Å². The van der Waals surface area contributed by atoms with Crippen LogP contribution in [-0.4, -0.2) is 24.1 Å². The Morgan fingerprint density at radius 3 is 2.83 bits per heavy atom. The highest BCUT2D eigenvalue weighted by Gasteiger charge is 2.10. The maximum Gasteiger partial charge on any atom is 0.205 e. The smallest absolute Gasteiger partial charge is 0.205 e. The van der Waals surface area contributed by atoms with E-state index in [0.29, 0.717) is 10.9 Å². The minimum Gasteiger partial charge on any atom is -0.242 e. The topological polar surface area (TPSA) is 12.4 Å². The molecule has 34 valence electrons. The van der Waals surface area contributed by atoms with Crippen molar-refractivity contribution in [3.63, 3.8) is 0 Å². The molecule has 0 radical (unpaired) electrons. The van der Waals surface area contributed by atoms with Gasteiger partial charge in [0.05, 0.1) is 6.54 Å². The van der Waals surface area contributed by atoms with Gasteiger partial charge in [-0.1, -0.05) is 0 Å². The number of hydrogen-bond donors (Lipinski definition) is 0. The third-order valence-electron chi connectivity index (χ3n) is 0.797. The summed E-state index contributed by atoms with van der Waals surface area (Å²) >= 11 is 0. The van der Waals surface area contributed by atoms with Crippen molar-refractivity contribution in [1.82, 2.24) is 0 Å². The van der Waals surface area contributed by atoms with Gasteiger partial charge in [0.2, 0.25) is 5.55 Å². The van der Waals surface area contributed by atoms with Gasteiger partial charge in [-0.15, -0.1) is 0 Å². The highest BCUT2D eigenvalue weighted by Crippen LogP contribution is 1.93. The Hall–Kier alpha value is 0.0200. The van der Waals surface area contributed by atoms with Gasteiger partial charge in [0.1, 0.15) is 12.0 Å². The standard InChI is InChI=1S/C4H8NS/c1-6-3-2-5-4-6/h4H,2-3H2,1H3/q+1. The lowest BCUT2D eigenvalue weighted by molar-refractivity contribution is 1.18. The minimum atomic E-state index is 0.535. The molecule has 0 aromatic heterocycles. The predicted octanol–water partition coefficient (Wildman–Crippen LogP) is 0.276. The Morgan fingerprint density at radius 1 is 1.83 bits per heavy atom. The van der Waals surface area contributed by atoms with E-state index in [9.17, 15) is 0 Å². The maximum atomic E-state index is 4.05. The molecule has 0 aromatic carbocycles. The molecule has 2 heteroatoms. The van der Waals surface area contributed by atoms with Crippen molar-refractivity contribution < 1.29 is 0 Å². The molecule has 1 rings (SSSR count). The molecule has 1 aliphatic heterocycles. The fraction of sp³-hybridized carbons (Fsp3) is 0.750. The largest absolute Gasteiger partial charge is 0.242 e. The zero-order valence-electron chi connectivity index (χ0n) is 3.85. The van der Waals surface area contributed by atoms with Crippen LogP contribution in [0.4, 0.5) is 0 Å². The predicted molar refractivity (Wildman–Crippen MR) is 31.5 cm³/mol. The molecule has 0 bridgehead atoms. The number of nitrogens with zero attached hydrogens (tertiary/aromatic N) is 1. The lowest BCUT2D eigenvalue weighted by atomic mass is 10.8. The summed E-state index contributed by atoms with van der Waals surface area (Å²) in [6.07, 6.45) is 2.22. The zero-order valence-corrected chi connectivity index (χ0v) is 4.66. The van der Waals surface area contributed by atoms with Gasteiger partial charge in [-0.3, -0.25) is 0 Å². The molecule has 1 heterocycles. The maximum absolute atomic E-state index is 4.05. The third kappa shape index (κ3) is 0.744. The molecule has 1 unspecified atom stereocenters. The third-order valence-corrected chi connectivity index (χ3v) is 2.13. The van der Waals surface area contributed by atoms with Crippen molar-refractivity contribution in [2.75, 3.05) is 18.6 Å². The molecule has 0 amide bonds. The Kier molecular flexibility index (Phi) is 1.15. The van der Waals surface area contributed by atoms with Crippen LogP contribution in [-0.2, 0) is 10.9 Å². The van der Waals surface area contributed by atoms with Crippen LogP contribution < -0.4 is 0 Å². The van der Waals surface area contributed by atoms with Crippen molar-refractivity contribution in [2.24, 2.45) is 4.99 Å². The van der Waals surface area contributed by atoms with Crippen molar-refractivity contribution in [2.45, 2.75) is 0 Å². The van der Waals surface area contributed by atoms with Gasteiger partial charge in [0, 0.05) is 10.9 Å². The number of hydrogen-bond acceptors (Lipinski definition) is 1. The number of rotatable bonds is 0. The quantitative estimate of drug-likeness (QED) is 0.389. The normalized spacial score (nSPS) is 31.8. The first-order valence-corrected chi connectivity index (χ1v) is 3.87. The highest BCUT2D eigenvalue weighted by atomic mass is 32.2. The second kappa shape index (κ2) is 1.65. The Labute approximate surface area is 40.8 Å². The van der Waals surface area contributed by atoms with E-state index in [0.717, 1.165) is 6.54 Å². The molecule has 0 aromatic rings. The SMILES string of the molecule is C[S+]1C=NCC1. The molecule has 0 N–H and O–H groups in total. The first-order valence-electron chi connectivity index (χ1n) is 2.01. The average molecular weight is 102 g/mol. The van der Waals surface area contributed by atoms with Gasteiger partial charge in [0.15, 0.2) is 0 Å². The van der Waals surface area contributed by atoms with Crippen LogP contribution >= 0.6 is 0 Å². The van der Waals surface area contributed by atoms with E-state index in [1.54, 1.807) is 0 Å². The summed E-state index contributed by atoms with van der Waals surface area (Å²) in [6, 6.07) is 0. The Morgan fingerprint density at radius 2 is 2.67 bits per heavy atom. The molecule has 6 heavy (non-hydrogen) atoms. The summed E-state index contributed by atoms with van der Waals surface area (Å²) in [5.74, 6) is 1.29. The van der Waals surface area contributed by atoms with Gasteiger partial charge in [-0.25, -0.2) is 4.99 Å². The van der Waals surface area contributed by atoms with E-state index >= 15 is 0 Å². The van der Waals surface area contributed by atoms with Gasteiger partial charge in [-0.05, 0) is 0 Å². The fourth-order valence-corrected chi connectivity index (χ4v) is 1.29. The Bertz CT molecular complexity index is 69.9. The fourth-order valence-electron chi connectivity index (χ4n) is 0.429. The van der Waals surface area contributed by atoms with E-state index in [1.165, 1.54) is 5.75 Å². The second-order valence-electron chi connectivity index (χ2n) is 1.41. The average Bonchev–Trinajstić information content (AvgIpc) is 1.86. The molecule has 0 saturated heterocycles. The zero-order chi connectivity index (χ0) is 4.41. The summed E-state index contributed by atoms with van der Waals surface area (Å²) in [4.78, 5) is 4.05. The highest BCUT2D eigenvalue weighted by molar-refractivity contribution is 8.09. The molecule has 1 aliphatic rings. The lowest BCUT2D eigenvalue weighted by Gasteiger charge is -1.76. The van der Waals surface area contributed by atoms with Crippen LogP contribution in [0.5, 0.6) is 0 Å². The molecular formula is C4H8NS+. The molecular weight excluding hydrogens is 94.1 g/mol. The van der Waals surface area contributed by atoms with Crippen LogP contribution in [0.3, 0.4) is 0 Å². The van der Waals surface area contributed by atoms with E-state index in [4.69, 9.17) is 0 Å². The molecule has 0 fully saturated rings. The monoisotopic (exact) mass is 102 g/mol. The first-order chi connectivity index (χ1) is 2.89. The Balaban J connectivity index is 2.38. The van der Waals surface area contributed by atoms with Crippen molar-refractivity contribution >= 4 is 16.4 Å². The van der Waals surface area contributed by atoms with Crippen molar-refractivity contribution in [1.29, 1.82) is 0 Å². The minimum absolute atomic E-state index is 0.535. The molecule has 0 saturated carbocycles. The lowest BCUT2D eigenvalue weighted by Crippen LogP contribution is -1.98. The van der Waals surface area contributed by atoms with E-state index in [2.05, 4.69) is 16.8 Å². The summed E-state index contributed by atoms with van der Waals surface area (Å²) in [5.41, 5.74) is 2.06. The van der Waals surface area contributed by atoms with Gasteiger partial charge in [-0.2, -0.15) is 0 Å². The van der Waals surface area contributed by atoms with Crippen LogP contribution in [0.15, 0.2) is 4.99 Å². The molecule has 0 spiro atoms. The van der Waals surface area contributed by atoms with E-state index < -0.39 is 0 Å². The number of aliphatic imine (C=N–C) groups is 1. The van der Waals surface area contributed by atoms with Gasteiger partial charge in [0.25, 0.3) is 0 Å². The van der Waals surface area contributed by atoms with E-state index in [-0.39, 0.29) is 0 Å². The van der Waals surface area contributed by atoms with Crippen molar-refractivity contribution in [3.8, 4) is 0 Å².